The van der Waals surface area contributed by atoms with Crippen molar-refractivity contribution in [3.63, 3.8) is 0 Å². The van der Waals surface area contributed by atoms with Crippen molar-refractivity contribution in [1.82, 2.24) is 20.9 Å². The number of aliphatic carboxylic acids is 1. The summed E-state index contributed by atoms with van der Waals surface area (Å²) >= 11 is 0. The van der Waals surface area contributed by atoms with Gasteiger partial charge >= 0.3 is 5.97 Å². The molecule has 1 aromatic carbocycles. The maximum atomic E-state index is 14.2. The molecular weight excluding hydrogens is 564 g/mol. The van der Waals surface area contributed by atoms with Crippen molar-refractivity contribution in [3.05, 3.63) is 48.6 Å². The maximum absolute atomic E-state index is 14.2. The van der Waals surface area contributed by atoms with Gasteiger partial charge in [0.1, 0.15) is 23.7 Å². The summed E-state index contributed by atoms with van der Waals surface area (Å²) in [5.41, 5.74) is -0.512. The third-order valence-corrected chi connectivity index (χ3v) is 9.20. The monoisotopic (exact) mass is 610 g/mol. The summed E-state index contributed by atoms with van der Waals surface area (Å²) in [5, 5.41) is 18.3. The van der Waals surface area contributed by atoms with Gasteiger partial charge in [-0.25, -0.2) is 4.79 Å². The quantitative estimate of drug-likeness (QED) is 0.250. The molecule has 44 heavy (non-hydrogen) atoms. The van der Waals surface area contributed by atoms with Crippen LogP contribution in [0, 0.1) is 17.8 Å². The number of carboxylic acid groups (broad SMARTS) is 1. The van der Waals surface area contributed by atoms with E-state index in [0.717, 1.165) is 37.7 Å². The molecule has 240 valence electrons. The molecule has 0 spiro atoms. The number of amides is 4. The highest BCUT2D eigenvalue weighted by Gasteiger charge is 2.61. The van der Waals surface area contributed by atoms with Gasteiger partial charge < -0.3 is 30.7 Å². The van der Waals surface area contributed by atoms with E-state index in [9.17, 15) is 29.1 Å². The summed E-state index contributed by atoms with van der Waals surface area (Å²) in [6, 6.07) is 6.81. The Kier molecular flexibility index (Phi) is 10.8. The minimum absolute atomic E-state index is 0.0276. The Morgan fingerprint density at radius 3 is 2.34 bits per heavy atom. The van der Waals surface area contributed by atoms with Crippen LogP contribution >= 0.6 is 0 Å². The zero-order valence-corrected chi connectivity index (χ0v) is 25.9. The van der Waals surface area contributed by atoms with Gasteiger partial charge in [0.15, 0.2) is 0 Å². The molecule has 1 saturated heterocycles. The molecule has 3 fully saturated rings. The fourth-order valence-corrected chi connectivity index (χ4v) is 6.54. The van der Waals surface area contributed by atoms with Gasteiger partial charge in [-0.05, 0) is 36.7 Å². The number of likely N-dealkylation sites (tertiary alicyclic amines) is 1. The van der Waals surface area contributed by atoms with Crippen molar-refractivity contribution in [2.24, 2.45) is 17.8 Å². The standard InChI is InChI=1S/C33H46N4O7/c1-5-24-17-33(24,32(42)43)36-29(39)26-16-25(44-19-22-12-8-6-9-13-22)18-37(26)31(41)27(20(2)3)35-30(40)28(34-21(4)38)23-14-10-7-11-15-23/h5-6,8-9,12-13,20,23-28H,1,7,10-11,14-19H2,2-4H3,(H,34,38)(H,35,40)(H,36,39)(H,42,43)/t24-,25-,26+,27+,28+,33-/m1/s1. The van der Waals surface area contributed by atoms with E-state index >= 15 is 0 Å². The maximum Gasteiger partial charge on any atom is 0.330 e. The summed E-state index contributed by atoms with van der Waals surface area (Å²) in [6.45, 7) is 9.06. The summed E-state index contributed by atoms with van der Waals surface area (Å²) < 4.78 is 6.13. The number of hydrogen-bond acceptors (Lipinski definition) is 6. The summed E-state index contributed by atoms with van der Waals surface area (Å²) in [6.07, 6.45) is 6.08. The Morgan fingerprint density at radius 2 is 1.77 bits per heavy atom. The van der Waals surface area contributed by atoms with E-state index in [1.54, 1.807) is 0 Å². The number of nitrogens with one attached hydrogen (secondary N) is 3. The van der Waals surface area contributed by atoms with E-state index in [4.69, 9.17) is 4.74 Å². The molecule has 1 heterocycles. The van der Waals surface area contributed by atoms with Gasteiger partial charge in [-0.15, -0.1) is 6.58 Å². The van der Waals surface area contributed by atoms with E-state index in [1.807, 2.05) is 44.2 Å². The average Bonchev–Trinajstić information content (AvgIpc) is 3.56. The topological polar surface area (TPSA) is 154 Å². The number of hydrogen-bond donors (Lipinski definition) is 4. The van der Waals surface area contributed by atoms with Gasteiger partial charge in [-0.1, -0.05) is 69.5 Å². The van der Waals surface area contributed by atoms with E-state index < -0.39 is 59.4 Å². The molecule has 1 aliphatic heterocycles. The molecule has 4 amide bonds. The Labute approximate surface area is 259 Å². The Morgan fingerprint density at radius 1 is 1.09 bits per heavy atom. The van der Waals surface area contributed by atoms with Crippen LogP contribution in [0.4, 0.5) is 0 Å². The van der Waals surface area contributed by atoms with Crippen molar-refractivity contribution in [2.75, 3.05) is 6.54 Å². The largest absolute Gasteiger partial charge is 0.479 e. The summed E-state index contributed by atoms with van der Waals surface area (Å²) in [5.74, 6) is -3.69. The van der Waals surface area contributed by atoms with E-state index in [0.29, 0.717) is 0 Å². The number of carbonyl (C=O) groups excluding carboxylic acids is 4. The molecule has 11 nitrogen and oxygen atoms in total. The van der Waals surface area contributed by atoms with Gasteiger partial charge in [0.25, 0.3) is 0 Å². The first-order valence-electron chi connectivity index (χ1n) is 15.7. The van der Waals surface area contributed by atoms with Crippen LogP contribution in [0.15, 0.2) is 43.0 Å². The molecule has 2 aliphatic carbocycles. The molecular formula is C33H46N4O7. The van der Waals surface area contributed by atoms with Gasteiger partial charge in [0.05, 0.1) is 12.7 Å². The van der Waals surface area contributed by atoms with Gasteiger partial charge in [-0.2, -0.15) is 0 Å². The second-order valence-electron chi connectivity index (χ2n) is 12.8. The number of carboxylic acids is 1. The van der Waals surface area contributed by atoms with Crippen molar-refractivity contribution in [3.8, 4) is 0 Å². The number of carbonyl (C=O) groups is 5. The Hall–Kier alpha value is -3.73. The first kappa shape index (κ1) is 33.2. The first-order valence-corrected chi connectivity index (χ1v) is 15.7. The van der Waals surface area contributed by atoms with Crippen molar-refractivity contribution < 1.29 is 33.8 Å². The normalized spacial score (nSPS) is 26.4. The second kappa shape index (κ2) is 14.4. The number of benzene rings is 1. The Bertz CT molecular complexity index is 1230. The van der Waals surface area contributed by atoms with Crippen LogP contribution in [0.5, 0.6) is 0 Å². The predicted octanol–water partition coefficient (Wildman–Crippen LogP) is 2.54. The zero-order valence-electron chi connectivity index (χ0n) is 25.9. The SMILES string of the molecule is C=C[C@@H]1C[C@]1(NC(=O)[C@@H]1C[C@@H](OCc2ccccc2)CN1C(=O)[C@@H](NC(=O)[C@@H](NC(C)=O)C1CCCCC1)C(C)C)C(=O)O. The lowest BCUT2D eigenvalue weighted by Gasteiger charge is -2.34. The molecule has 0 aromatic heterocycles. The summed E-state index contributed by atoms with van der Waals surface area (Å²) in [4.78, 5) is 67.0. The third-order valence-electron chi connectivity index (χ3n) is 9.20. The highest BCUT2D eigenvalue weighted by molar-refractivity contribution is 5.97. The van der Waals surface area contributed by atoms with Crippen LogP contribution in [0.1, 0.15) is 71.3 Å². The van der Waals surface area contributed by atoms with Gasteiger partial charge in [-0.3, -0.25) is 19.2 Å². The Balaban J connectivity index is 1.54. The molecule has 4 rings (SSSR count). The molecule has 3 aliphatic rings. The van der Waals surface area contributed by atoms with E-state index in [1.165, 1.54) is 17.9 Å². The fourth-order valence-electron chi connectivity index (χ4n) is 6.54. The lowest BCUT2D eigenvalue weighted by Crippen LogP contribution is -2.60. The smallest absolute Gasteiger partial charge is 0.330 e. The summed E-state index contributed by atoms with van der Waals surface area (Å²) in [7, 11) is 0. The van der Waals surface area contributed by atoms with Gasteiger partial charge in [0.2, 0.25) is 23.6 Å². The fraction of sp³-hybridized carbons (Fsp3) is 0.606. The van der Waals surface area contributed by atoms with Crippen molar-refractivity contribution in [2.45, 2.75) is 102 Å². The number of nitrogens with zero attached hydrogens (tertiary/aromatic N) is 1. The average molecular weight is 611 g/mol. The highest BCUT2D eigenvalue weighted by atomic mass is 16.5. The molecule has 11 heteroatoms. The van der Waals surface area contributed by atoms with Crippen molar-refractivity contribution >= 4 is 29.6 Å². The number of ether oxygens (including phenoxy) is 1. The molecule has 1 aromatic rings. The molecule has 0 bridgehead atoms. The second-order valence-corrected chi connectivity index (χ2v) is 12.8. The molecule has 4 N–H and O–H groups in total. The predicted molar refractivity (Wildman–Crippen MR) is 163 cm³/mol. The molecule has 0 unspecified atom stereocenters. The molecule has 2 saturated carbocycles. The molecule has 0 radical (unpaired) electrons. The van der Waals surface area contributed by atoms with Crippen LogP contribution in [-0.4, -0.2) is 75.9 Å². The van der Waals surface area contributed by atoms with Crippen LogP contribution in [0.3, 0.4) is 0 Å². The molecule has 6 atom stereocenters. The zero-order chi connectivity index (χ0) is 32.0. The van der Waals surface area contributed by atoms with Crippen molar-refractivity contribution in [1.29, 1.82) is 0 Å². The van der Waals surface area contributed by atoms with Crippen LogP contribution in [0.2, 0.25) is 0 Å². The lowest BCUT2D eigenvalue weighted by molar-refractivity contribution is -0.146. The minimum Gasteiger partial charge on any atom is -0.479 e. The first-order chi connectivity index (χ1) is 21.0. The van der Waals surface area contributed by atoms with E-state index in [2.05, 4.69) is 22.5 Å². The lowest BCUT2D eigenvalue weighted by atomic mass is 9.83. The van der Waals surface area contributed by atoms with Crippen LogP contribution < -0.4 is 16.0 Å². The van der Waals surface area contributed by atoms with E-state index in [-0.39, 0.29) is 43.7 Å². The van der Waals surface area contributed by atoms with Crippen LogP contribution in [0.25, 0.3) is 0 Å². The third kappa shape index (κ3) is 7.67. The van der Waals surface area contributed by atoms with Crippen LogP contribution in [-0.2, 0) is 35.3 Å². The van der Waals surface area contributed by atoms with Gasteiger partial charge in [0, 0.05) is 25.8 Å². The number of rotatable bonds is 13. The highest BCUT2D eigenvalue weighted by Crippen LogP contribution is 2.45. The minimum atomic E-state index is -1.45.